The van der Waals surface area contributed by atoms with E-state index in [4.69, 9.17) is 5.73 Å². The van der Waals surface area contributed by atoms with Gasteiger partial charge in [0.25, 0.3) is 0 Å². The van der Waals surface area contributed by atoms with Crippen LogP contribution in [0.1, 0.15) is 29.2 Å². The molecule has 0 spiro atoms. The number of aromatic nitrogens is 2. The fraction of sp³-hybridized carbons (Fsp3) is 0.364. The maximum atomic E-state index is 5.80. The number of hydrogen-bond donors (Lipinski definition) is 1. The second kappa shape index (κ2) is 4.16. The Kier molecular flexibility index (Phi) is 2.88. The van der Waals surface area contributed by atoms with Gasteiger partial charge in [-0.1, -0.05) is 0 Å². The minimum Gasteiger partial charge on any atom is -0.347 e. The van der Waals surface area contributed by atoms with E-state index in [-0.39, 0.29) is 6.04 Å². The van der Waals surface area contributed by atoms with Crippen molar-refractivity contribution in [3.05, 3.63) is 40.1 Å². The molecule has 2 rings (SSSR count). The molecule has 1 atom stereocenters. The first-order chi connectivity index (χ1) is 7.15. The van der Waals surface area contributed by atoms with Crippen molar-refractivity contribution in [3.8, 4) is 0 Å². The summed E-state index contributed by atoms with van der Waals surface area (Å²) in [6.07, 6.45) is 4.14. The van der Waals surface area contributed by atoms with Crippen LogP contribution >= 0.6 is 11.3 Å². The van der Waals surface area contributed by atoms with Crippen molar-refractivity contribution in [2.75, 3.05) is 0 Å². The van der Waals surface area contributed by atoms with Crippen LogP contribution in [0.3, 0.4) is 0 Å². The van der Waals surface area contributed by atoms with Crippen molar-refractivity contribution in [3.63, 3.8) is 0 Å². The molecular weight excluding hydrogens is 206 g/mol. The molecule has 0 aliphatic heterocycles. The third-order valence-electron chi connectivity index (χ3n) is 2.28. The Bertz CT molecular complexity index is 442. The summed E-state index contributed by atoms with van der Waals surface area (Å²) in [5.41, 5.74) is 8.06. The fourth-order valence-corrected chi connectivity index (χ4v) is 2.24. The van der Waals surface area contributed by atoms with Crippen LogP contribution in [0.4, 0.5) is 0 Å². The normalized spacial score (nSPS) is 13.0. The Morgan fingerprint density at radius 1 is 1.60 bits per heavy atom. The average molecular weight is 221 g/mol. The second-order valence-corrected chi connectivity index (χ2v) is 4.73. The van der Waals surface area contributed by atoms with Crippen LogP contribution in [0, 0.1) is 6.92 Å². The molecule has 0 bridgehead atoms. The first-order valence-corrected chi connectivity index (χ1v) is 5.85. The first-order valence-electron chi connectivity index (χ1n) is 4.97. The Hall–Kier alpha value is -1.13. The maximum Gasteiger partial charge on any atom is 0.113 e. The minimum atomic E-state index is 0.101. The summed E-state index contributed by atoms with van der Waals surface area (Å²) in [6, 6.07) is 2.16. The van der Waals surface area contributed by atoms with Crippen molar-refractivity contribution in [2.45, 2.75) is 26.4 Å². The lowest BCUT2D eigenvalue weighted by Crippen LogP contribution is -2.03. The highest BCUT2D eigenvalue weighted by Gasteiger charge is 2.03. The third kappa shape index (κ3) is 2.46. The highest BCUT2D eigenvalue weighted by atomic mass is 32.1. The average Bonchev–Trinajstić information content (AvgIpc) is 2.76. The molecule has 0 saturated carbocycles. The highest BCUT2D eigenvalue weighted by molar-refractivity contribution is 7.09. The summed E-state index contributed by atoms with van der Waals surface area (Å²) in [7, 11) is 0. The molecule has 2 aromatic heterocycles. The van der Waals surface area contributed by atoms with Gasteiger partial charge in [0, 0.05) is 29.5 Å². The molecule has 80 valence electrons. The maximum absolute atomic E-state index is 5.80. The number of nitrogens with zero attached hydrogens (tertiary/aromatic N) is 2. The van der Waals surface area contributed by atoms with Gasteiger partial charge in [0.1, 0.15) is 5.01 Å². The first kappa shape index (κ1) is 10.4. The van der Waals surface area contributed by atoms with Gasteiger partial charge in [-0.2, -0.15) is 0 Å². The van der Waals surface area contributed by atoms with Crippen molar-refractivity contribution in [1.82, 2.24) is 9.55 Å². The van der Waals surface area contributed by atoms with Gasteiger partial charge in [0.15, 0.2) is 0 Å². The Balaban J connectivity index is 2.11. The Labute approximate surface area is 93.6 Å². The van der Waals surface area contributed by atoms with E-state index in [2.05, 4.69) is 33.4 Å². The van der Waals surface area contributed by atoms with Crippen LogP contribution in [-0.4, -0.2) is 9.55 Å². The van der Waals surface area contributed by atoms with E-state index >= 15 is 0 Å². The van der Waals surface area contributed by atoms with Gasteiger partial charge < -0.3 is 10.3 Å². The zero-order valence-electron chi connectivity index (χ0n) is 8.97. The van der Waals surface area contributed by atoms with Gasteiger partial charge in [-0.3, -0.25) is 0 Å². The van der Waals surface area contributed by atoms with E-state index < -0.39 is 0 Å². The lowest BCUT2D eigenvalue weighted by Gasteiger charge is -2.01. The molecule has 0 aliphatic carbocycles. The number of rotatable bonds is 3. The molecule has 0 saturated heterocycles. The molecule has 0 radical (unpaired) electrons. The van der Waals surface area contributed by atoms with Crippen LogP contribution in [0.5, 0.6) is 0 Å². The molecule has 1 unspecified atom stereocenters. The molecule has 0 aliphatic rings. The third-order valence-corrected chi connectivity index (χ3v) is 3.23. The van der Waals surface area contributed by atoms with Gasteiger partial charge in [-0.05, 0) is 25.5 Å². The van der Waals surface area contributed by atoms with Crippen LogP contribution in [-0.2, 0) is 6.54 Å². The van der Waals surface area contributed by atoms with E-state index in [1.54, 1.807) is 11.3 Å². The minimum absolute atomic E-state index is 0.101. The van der Waals surface area contributed by atoms with E-state index in [1.165, 1.54) is 5.56 Å². The second-order valence-electron chi connectivity index (χ2n) is 3.79. The number of hydrogen-bond acceptors (Lipinski definition) is 3. The number of thiazole rings is 1. The van der Waals surface area contributed by atoms with E-state index in [1.807, 2.05) is 13.8 Å². The van der Waals surface area contributed by atoms with Crippen LogP contribution in [0.2, 0.25) is 0 Å². The molecule has 3 nitrogen and oxygen atoms in total. The van der Waals surface area contributed by atoms with Gasteiger partial charge in [-0.25, -0.2) is 4.98 Å². The van der Waals surface area contributed by atoms with E-state index in [9.17, 15) is 0 Å². The highest BCUT2D eigenvalue weighted by Crippen LogP contribution is 2.14. The summed E-state index contributed by atoms with van der Waals surface area (Å²) in [5.74, 6) is 0. The van der Waals surface area contributed by atoms with Gasteiger partial charge in [0.05, 0.1) is 6.54 Å². The van der Waals surface area contributed by atoms with Gasteiger partial charge in [0.2, 0.25) is 0 Å². The van der Waals surface area contributed by atoms with Crippen molar-refractivity contribution in [2.24, 2.45) is 5.73 Å². The SMILES string of the molecule is Cc1csc(Cn2ccc(C(C)N)c2)n1. The quantitative estimate of drug-likeness (QED) is 0.864. The largest absolute Gasteiger partial charge is 0.347 e. The zero-order valence-corrected chi connectivity index (χ0v) is 9.79. The van der Waals surface area contributed by atoms with Gasteiger partial charge in [-0.15, -0.1) is 11.3 Å². The standard InChI is InChI=1S/C11H15N3S/c1-8-7-15-11(13-8)6-14-4-3-10(5-14)9(2)12/h3-5,7,9H,6,12H2,1-2H3. The fourth-order valence-electron chi connectivity index (χ4n) is 1.46. The Morgan fingerprint density at radius 2 is 2.40 bits per heavy atom. The van der Waals surface area contributed by atoms with Crippen LogP contribution in [0.15, 0.2) is 23.8 Å². The molecule has 0 fully saturated rings. The summed E-state index contributed by atoms with van der Waals surface area (Å²) >= 11 is 1.70. The lowest BCUT2D eigenvalue weighted by molar-refractivity contribution is 0.772. The summed E-state index contributed by atoms with van der Waals surface area (Å²) in [4.78, 5) is 4.43. The molecule has 0 aromatic carbocycles. The molecule has 2 N–H and O–H groups in total. The summed E-state index contributed by atoms with van der Waals surface area (Å²) in [6.45, 7) is 4.85. The predicted octanol–water partition coefficient (Wildman–Crippen LogP) is 2.32. The molecule has 2 aromatic rings. The molecule has 4 heteroatoms. The Morgan fingerprint density at radius 3 is 2.93 bits per heavy atom. The van der Waals surface area contributed by atoms with Crippen molar-refractivity contribution < 1.29 is 0 Å². The van der Waals surface area contributed by atoms with Crippen molar-refractivity contribution >= 4 is 11.3 Å². The number of aryl methyl sites for hydroxylation is 1. The van der Waals surface area contributed by atoms with Crippen LogP contribution < -0.4 is 5.73 Å². The van der Waals surface area contributed by atoms with E-state index in [0.717, 1.165) is 17.2 Å². The number of nitrogens with two attached hydrogens (primary N) is 1. The van der Waals surface area contributed by atoms with Crippen molar-refractivity contribution in [1.29, 1.82) is 0 Å². The smallest absolute Gasteiger partial charge is 0.113 e. The molecule has 0 amide bonds. The summed E-state index contributed by atoms with van der Waals surface area (Å²) in [5, 5.41) is 3.21. The zero-order chi connectivity index (χ0) is 10.8. The monoisotopic (exact) mass is 221 g/mol. The van der Waals surface area contributed by atoms with Gasteiger partial charge >= 0.3 is 0 Å². The predicted molar refractivity (Wildman–Crippen MR) is 63.0 cm³/mol. The van der Waals surface area contributed by atoms with E-state index in [0.29, 0.717) is 0 Å². The summed E-state index contributed by atoms with van der Waals surface area (Å²) < 4.78 is 2.12. The lowest BCUT2D eigenvalue weighted by atomic mass is 10.2. The topological polar surface area (TPSA) is 43.8 Å². The van der Waals surface area contributed by atoms with Crippen LogP contribution in [0.25, 0.3) is 0 Å². The molecule has 15 heavy (non-hydrogen) atoms. The molecule has 2 heterocycles. The molecular formula is C11H15N3S.